The largest absolute Gasteiger partial charge is 0.269 e. The van der Waals surface area contributed by atoms with E-state index in [0.29, 0.717) is 5.13 Å². The highest BCUT2D eigenvalue weighted by Gasteiger charge is 2.18. The van der Waals surface area contributed by atoms with Gasteiger partial charge >= 0.3 is 0 Å². The fourth-order valence-corrected chi connectivity index (χ4v) is 3.45. The molecule has 116 valence electrons. The number of hydrogen-bond acceptors (Lipinski definition) is 5. The van der Waals surface area contributed by atoms with E-state index in [1.807, 2.05) is 54.9 Å². The van der Waals surface area contributed by atoms with Crippen LogP contribution in [0.3, 0.4) is 0 Å². The second-order valence-corrected chi connectivity index (χ2v) is 6.80. The van der Waals surface area contributed by atoms with Crippen LogP contribution in [0.5, 0.6) is 0 Å². The van der Waals surface area contributed by atoms with Gasteiger partial charge in [0.25, 0.3) is 5.91 Å². The topological polar surface area (TPSA) is 46.1 Å². The molecular weight excluding hydrogens is 326 g/mol. The summed E-state index contributed by atoms with van der Waals surface area (Å²) >= 11 is 3.02. The Kier molecular flexibility index (Phi) is 4.64. The standard InChI is InChI=1S/C17H15N3OS2/c1-12-10-23-17(18-12)20(15-6-4-3-5-7-15)16(21)9-8-14-11-22-13(2)19-14/h3-11H,1-2H3/b9-8+. The second kappa shape index (κ2) is 6.85. The molecule has 0 fully saturated rings. The predicted octanol–water partition coefficient (Wildman–Crippen LogP) is 4.59. The maximum absolute atomic E-state index is 12.7. The van der Waals surface area contributed by atoms with Crippen molar-refractivity contribution in [1.29, 1.82) is 0 Å². The lowest BCUT2D eigenvalue weighted by atomic mass is 10.3. The summed E-state index contributed by atoms with van der Waals surface area (Å²) < 4.78 is 0. The van der Waals surface area contributed by atoms with Crippen LogP contribution >= 0.6 is 22.7 Å². The van der Waals surface area contributed by atoms with Crippen LogP contribution in [0.1, 0.15) is 16.4 Å². The van der Waals surface area contributed by atoms with Crippen LogP contribution in [0.2, 0.25) is 0 Å². The Labute approximate surface area is 142 Å². The Balaban J connectivity index is 1.92. The fraction of sp³-hybridized carbons (Fsp3) is 0.118. The van der Waals surface area contributed by atoms with Gasteiger partial charge in [0.05, 0.1) is 22.1 Å². The molecule has 2 aromatic heterocycles. The van der Waals surface area contributed by atoms with Crippen molar-refractivity contribution in [1.82, 2.24) is 9.97 Å². The summed E-state index contributed by atoms with van der Waals surface area (Å²) in [7, 11) is 0. The van der Waals surface area contributed by atoms with Crippen molar-refractivity contribution in [3.8, 4) is 0 Å². The highest BCUT2D eigenvalue weighted by atomic mass is 32.1. The number of carbonyl (C=O) groups excluding carboxylic acids is 1. The van der Waals surface area contributed by atoms with Gasteiger partial charge in [0.15, 0.2) is 5.13 Å². The first-order valence-electron chi connectivity index (χ1n) is 7.05. The summed E-state index contributed by atoms with van der Waals surface area (Å²) in [6.07, 6.45) is 3.28. The first-order valence-corrected chi connectivity index (χ1v) is 8.81. The van der Waals surface area contributed by atoms with Crippen LogP contribution in [0.25, 0.3) is 6.08 Å². The van der Waals surface area contributed by atoms with Gasteiger partial charge in [0.2, 0.25) is 0 Å². The van der Waals surface area contributed by atoms with Crippen molar-refractivity contribution in [3.63, 3.8) is 0 Å². The maximum Gasteiger partial charge on any atom is 0.257 e. The molecule has 3 aromatic rings. The lowest BCUT2D eigenvalue weighted by Crippen LogP contribution is -2.23. The molecule has 0 atom stereocenters. The van der Waals surface area contributed by atoms with E-state index in [4.69, 9.17) is 0 Å². The summed E-state index contributed by atoms with van der Waals surface area (Å²) in [6, 6.07) is 9.53. The number of nitrogens with zero attached hydrogens (tertiary/aromatic N) is 3. The van der Waals surface area contributed by atoms with E-state index in [0.717, 1.165) is 22.1 Å². The van der Waals surface area contributed by atoms with Crippen molar-refractivity contribution in [2.75, 3.05) is 4.90 Å². The minimum Gasteiger partial charge on any atom is -0.269 e. The van der Waals surface area contributed by atoms with Crippen molar-refractivity contribution in [3.05, 3.63) is 63.6 Å². The molecule has 6 heteroatoms. The molecule has 0 aliphatic carbocycles. The molecule has 0 unspecified atom stereocenters. The van der Waals surface area contributed by atoms with E-state index < -0.39 is 0 Å². The van der Waals surface area contributed by atoms with Gasteiger partial charge in [-0.3, -0.25) is 9.69 Å². The van der Waals surface area contributed by atoms with E-state index in [1.54, 1.807) is 22.3 Å². The maximum atomic E-state index is 12.7. The molecule has 2 heterocycles. The number of benzene rings is 1. The lowest BCUT2D eigenvalue weighted by Gasteiger charge is -2.18. The minimum atomic E-state index is -0.142. The van der Waals surface area contributed by atoms with Crippen molar-refractivity contribution in [2.24, 2.45) is 0 Å². The molecule has 4 nitrogen and oxygen atoms in total. The molecule has 0 aliphatic heterocycles. The van der Waals surface area contributed by atoms with Gasteiger partial charge < -0.3 is 0 Å². The number of aryl methyl sites for hydroxylation is 2. The van der Waals surface area contributed by atoms with Gasteiger partial charge in [-0.15, -0.1) is 22.7 Å². The number of aromatic nitrogens is 2. The van der Waals surface area contributed by atoms with E-state index in [2.05, 4.69) is 9.97 Å². The van der Waals surface area contributed by atoms with E-state index >= 15 is 0 Å². The highest BCUT2D eigenvalue weighted by Crippen LogP contribution is 2.28. The van der Waals surface area contributed by atoms with Crippen LogP contribution < -0.4 is 4.90 Å². The van der Waals surface area contributed by atoms with Gasteiger partial charge in [-0.25, -0.2) is 9.97 Å². The van der Waals surface area contributed by atoms with Crippen LogP contribution in [0.15, 0.2) is 47.2 Å². The third-order valence-corrected chi connectivity index (χ3v) is 4.80. The minimum absolute atomic E-state index is 0.142. The Hall–Kier alpha value is -2.31. The average molecular weight is 341 g/mol. The van der Waals surface area contributed by atoms with Crippen LogP contribution in [-0.4, -0.2) is 15.9 Å². The van der Waals surface area contributed by atoms with Crippen LogP contribution in [0, 0.1) is 13.8 Å². The number of para-hydroxylation sites is 1. The molecule has 0 spiro atoms. The van der Waals surface area contributed by atoms with Crippen LogP contribution in [0.4, 0.5) is 10.8 Å². The Morgan fingerprint density at radius 3 is 2.48 bits per heavy atom. The number of anilines is 2. The van der Waals surface area contributed by atoms with Crippen molar-refractivity contribution in [2.45, 2.75) is 13.8 Å². The molecule has 0 N–H and O–H groups in total. The predicted molar refractivity (Wildman–Crippen MR) is 96.3 cm³/mol. The van der Waals surface area contributed by atoms with Gasteiger partial charge in [-0.05, 0) is 32.1 Å². The summed E-state index contributed by atoms with van der Waals surface area (Å²) in [6.45, 7) is 3.86. The van der Waals surface area contributed by atoms with E-state index in [1.165, 1.54) is 17.4 Å². The molecular formula is C17H15N3OS2. The SMILES string of the molecule is Cc1csc(N(C(=O)/C=C/c2csc(C)n2)c2ccccc2)n1. The third-order valence-electron chi connectivity index (χ3n) is 3.07. The van der Waals surface area contributed by atoms with Gasteiger partial charge in [-0.1, -0.05) is 18.2 Å². The van der Waals surface area contributed by atoms with Crippen molar-refractivity contribution >= 4 is 45.5 Å². The first kappa shape index (κ1) is 15.6. The second-order valence-electron chi connectivity index (χ2n) is 4.91. The monoisotopic (exact) mass is 341 g/mol. The molecule has 1 amide bonds. The molecule has 0 saturated heterocycles. The zero-order valence-corrected chi connectivity index (χ0v) is 14.4. The summed E-state index contributed by atoms with van der Waals surface area (Å²) in [4.78, 5) is 23.1. The third kappa shape index (κ3) is 3.72. The molecule has 23 heavy (non-hydrogen) atoms. The number of thiazole rings is 2. The van der Waals surface area contributed by atoms with Crippen LogP contribution in [-0.2, 0) is 4.79 Å². The Morgan fingerprint density at radius 2 is 1.87 bits per heavy atom. The molecule has 0 saturated carbocycles. The number of carbonyl (C=O) groups is 1. The normalized spacial score (nSPS) is 11.0. The smallest absolute Gasteiger partial charge is 0.257 e. The summed E-state index contributed by atoms with van der Waals surface area (Å²) in [5.74, 6) is -0.142. The zero-order valence-electron chi connectivity index (χ0n) is 12.8. The highest BCUT2D eigenvalue weighted by molar-refractivity contribution is 7.14. The Bertz CT molecular complexity index is 836. The summed E-state index contributed by atoms with van der Waals surface area (Å²) in [5.41, 5.74) is 2.49. The number of rotatable bonds is 4. The average Bonchev–Trinajstić information content (AvgIpc) is 3.15. The molecule has 1 aromatic carbocycles. The van der Waals surface area contributed by atoms with E-state index in [9.17, 15) is 4.79 Å². The number of hydrogen-bond donors (Lipinski definition) is 0. The quantitative estimate of drug-likeness (QED) is 0.652. The Morgan fingerprint density at radius 1 is 1.09 bits per heavy atom. The van der Waals surface area contributed by atoms with Gasteiger partial charge in [0, 0.05) is 16.8 Å². The first-order chi connectivity index (χ1) is 11.1. The zero-order chi connectivity index (χ0) is 16.2. The number of amides is 1. The fourth-order valence-electron chi connectivity index (χ4n) is 2.04. The lowest BCUT2D eigenvalue weighted by molar-refractivity contribution is -0.113. The molecule has 0 bridgehead atoms. The summed E-state index contributed by atoms with van der Waals surface area (Å²) in [5, 5.41) is 5.51. The molecule has 3 rings (SSSR count). The van der Waals surface area contributed by atoms with Crippen molar-refractivity contribution < 1.29 is 4.79 Å². The van der Waals surface area contributed by atoms with Gasteiger partial charge in [-0.2, -0.15) is 0 Å². The van der Waals surface area contributed by atoms with E-state index in [-0.39, 0.29) is 5.91 Å². The molecule has 0 radical (unpaired) electrons. The molecule has 0 aliphatic rings. The van der Waals surface area contributed by atoms with Gasteiger partial charge in [0.1, 0.15) is 0 Å².